The zero-order valence-electron chi connectivity index (χ0n) is 14.6. The van der Waals surface area contributed by atoms with Crippen molar-refractivity contribution in [1.29, 1.82) is 0 Å². The lowest BCUT2D eigenvalue weighted by atomic mass is 10.1. The van der Waals surface area contributed by atoms with Crippen molar-refractivity contribution in [3.63, 3.8) is 0 Å². The van der Waals surface area contributed by atoms with Crippen LogP contribution in [0.25, 0.3) is 5.69 Å². The lowest BCUT2D eigenvalue weighted by molar-refractivity contribution is 0.0782. The molecule has 1 heterocycles. The number of nitrogens with zero attached hydrogens (tertiary/aromatic N) is 3. The van der Waals surface area contributed by atoms with Gasteiger partial charge in [-0.2, -0.15) is 5.10 Å². The summed E-state index contributed by atoms with van der Waals surface area (Å²) in [6.45, 7) is 2.16. The van der Waals surface area contributed by atoms with Crippen LogP contribution in [-0.2, 0) is 13.0 Å². The van der Waals surface area contributed by atoms with Crippen molar-refractivity contribution in [2.24, 2.45) is 0 Å². The van der Waals surface area contributed by atoms with Crippen molar-refractivity contribution < 1.29 is 9.18 Å². The highest BCUT2D eigenvalue weighted by Crippen LogP contribution is 2.20. The highest BCUT2D eigenvalue weighted by molar-refractivity contribution is 6.30. The van der Waals surface area contributed by atoms with Crippen molar-refractivity contribution in [3.8, 4) is 5.69 Å². The van der Waals surface area contributed by atoms with E-state index in [-0.39, 0.29) is 18.3 Å². The fraction of sp³-hybridized carbons (Fsp3) is 0.200. The Labute approximate surface area is 156 Å². The predicted molar refractivity (Wildman–Crippen MR) is 100 cm³/mol. The molecule has 0 aliphatic heterocycles. The van der Waals surface area contributed by atoms with E-state index in [9.17, 15) is 9.18 Å². The SMILES string of the molecule is CCc1c(C(=O)N(C)Cc2ccccc2F)cnn1-c1cccc(Cl)c1. The molecule has 6 heteroatoms. The Morgan fingerprint density at radius 3 is 2.69 bits per heavy atom. The standard InChI is InChI=1S/C20H19ClFN3O/c1-3-19-17(12-23-25(19)16-9-6-8-15(21)11-16)20(26)24(2)13-14-7-4-5-10-18(14)22/h4-12H,3,13H2,1-2H3. The molecule has 4 nitrogen and oxygen atoms in total. The number of hydrogen-bond donors (Lipinski definition) is 0. The van der Waals surface area contributed by atoms with Crippen LogP contribution in [0, 0.1) is 5.82 Å². The molecule has 2 aromatic carbocycles. The van der Waals surface area contributed by atoms with Gasteiger partial charge in [0.25, 0.3) is 5.91 Å². The maximum absolute atomic E-state index is 13.9. The summed E-state index contributed by atoms with van der Waals surface area (Å²) in [4.78, 5) is 14.4. The Morgan fingerprint density at radius 1 is 1.23 bits per heavy atom. The van der Waals surface area contributed by atoms with Gasteiger partial charge in [0.1, 0.15) is 5.82 Å². The zero-order chi connectivity index (χ0) is 18.7. The molecule has 26 heavy (non-hydrogen) atoms. The first kappa shape index (κ1) is 18.1. The molecule has 0 N–H and O–H groups in total. The highest BCUT2D eigenvalue weighted by atomic mass is 35.5. The molecule has 0 saturated heterocycles. The average Bonchev–Trinajstić information content (AvgIpc) is 3.07. The minimum Gasteiger partial charge on any atom is -0.337 e. The van der Waals surface area contributed by atoms with Crippen LogP contribution >= 0.6 is 11.6 Å². The van der Waals surface area contributed by atoms with E-state index >= 15 is 0 Å². The van der Waals surface area contributed by atoms with Crippen LogP contribution in [0.4, 0.5) is 4.39 Å². The third kappa shape index (κ3) is 3.63. The van der Waals surface area contributed by atoms with Crippen molar-refractivity contribution in [2.75, 3.05) is 7.05 Å². The van der Waals surface area contributed by atoms with E-state index in [1.165, 1.54) is 11.0 Å². The molecule has 134 valence electrons. The van der Waals surface area contributed by atoms with Gasteiger partial charge in [-0.15, -0.1) is 0 Å². The number of rotatable bonds is 5. The smallest absolute Gasteiger partial charge is 0.257 e. The van der Waals surface area contributed by atoms with Crippen molar-refractivity contribution in [2.45, 2.75) is 19.9 Å². The van der Waals surface area contributed by atoms with E-state index in [0.717, 1.165) is 11.4 Å². The van der Waals surface area contributed by atoms with Crippen LogP contribution in [0.5, 0.6) is 0 Å². The molecule has 0 spiro atoms. The summed E-state index contributed by atoms with van der Waals surface area (Å²) in [7, 11) is 1.66. The molecule has 0 saturated carbocycles. The van der Waals surface area contributed by atoms with Gasteiger partial charge >= 0.3 is 0 Å². The molecule has 1 amide bonds. The van der Waals surface area contributed by atoms with E-state index in [1.54, 1.807) is 48.3 Å². The number of carbonyl (C=O) groups is 1. The molecule has 0 atom stereocenters. The minimum atomic E-state index is -0.322. The largest absolute Gasteiger partial charge is 0.337 e. The number of hydrogen-bond acceptors (Lipinski definition) is 2. The molecule has 0 bridgehead atoms. The van der Waals surface area contributed by atoms with Crippen LogP contribution < -0.4 is 0 Å². The van der Waals surface area contributed by atoms with E-state index < -0.39 is 0 Å². The van der Waals surface area contributed by atoms with Gasteiger partial charge in [0.15, 0.2) is 0 Å². The summed E-state index contributed by atoms with van der Waals surface area (Å²) in [5.41, 5.74) is 2.57. The lowest BCUT2D eigenvalue weighted by Gasteiger charge is -2.18. The van der Waals surface area contributed by atoms with Gasteiger partial charge in [0, 0.05) is 24.2 Å². The first-order valence-electron chi connectivity index (χ1n) is 8.33. The molecule has 0 aliphatic rings. The van der Waals surface area contributed by atoms with Crippen molar-refractivity contribution >= 4 is 17.5 Å². The minimum absolute atomic E-state index is 0.191. The van der Waals surface area contributed by atoms with Crippen LogP contribution in [0.15, 0.2) is 54.7 Å². The molecule has 0 fully saturated rings. The number of carbonyl (C=O) groups excluding carboxylic acids is 1. The molecule has 0 aliphatic carbocycles. The third-order valence-electron chi connectivity index (χ3n) is 4.20. The van der Waals surface area contributed by atoms with Crippen LogP contribution in [0.2, 0.25) is 5.02 Å². The van der Waals surface area contributed by atoms with Crippen LogP contribution in [0.1, 0.15) is 28.5 Å². The molecular formula is C20H19ClFN3O. The van der Waals surface area contributed by atoms with Crippen LogP contribution in [0.3, 0.4) is 0 Å². The second kappa shape index (κ2) is 7.70. The quantitative estimate of drug-likeness (QED) is 0.662. The zero-order valence-corrected chi connectivity index (χ0v) is 15.4. The van der Waals surface area contributed by atoms with E-state index in [2.05, 4.69) is 5.10 Å². The van der Waals surface area contributed by atoms with Crippen molar-refractivity contribution in [3.05, 3.63) is 82.4 Å². The molecular weight excluding hydrogens is 353 g/mol. The average molecular weight is 372 g/mol. The van der Waals surface area contributed by atoms with Gasteiger partial charge in [0.2, 0.25) is 0 Å². The summed E-state index contributed by atoms with van der Waals surface area (Å²) >= 11 is 6.06. The maximum atomic E-state index is 13.9. The first-order valence-corrected chi connectivity index (χ1v) is 8.70. The summed E-state index contributed by atoms with van der Waals surface area (Å²) in [6, 6.07) is 13.8. The van der Waals surface area contributed by atoms with Gasteiger partial charge < -0.3 is 4.90 Å². The summed E-state index contributed by atoms with van der Waals surface area (Å²) in [5, 5.41) is 4.96. The lowest BCUT2D eigenvalue weighted by Crippen LogP contribution is -2.27. The Bertz CT molecular complexity index is 938. The van der Waals surface area contributed by atoms with Gasteiger partial charge in [-0.25, -0.2) is 9.07 Å². The number of benzene rings is 2. The molecule has 3 rings (SSSR count). The first-order chi connectivity index (χ1) is 12.5. The maximum Gasteiger partial charge on any atom is 0.257 e. The Hall–Kier alpha value is -2.66. The van der Waals surface area contributed by atoms with E-state index in [1.807, 2.05) is 19.1 Å². The Morgan fingerprint density at radius 2 is 2.00 bits per heavy atom. The van der Waals surface area contributed by atoms with Crippen molar-refractivity contribution in [1.82, 2.24) is 14.7 Å². The second-order valence-electron chi connectivity index (χ2n) is 6.00. The summed E-state index contributed by atoms with van der Waals surface area (Å²) in [6.07, 6.45) is 2.18. The monoisotopic (exact) mass is 371 g/mol. The van der Waals surface area contributed by atoms with E-state index in [0.29, 0.717) is 22.6 Å². The van der Waals surface area contributed by atoms with E-state index in [4.69, 9.17) is 11.6 Å². The topological polar surface area (TPSA) is 38.1 Å². The molecule has 1 aromatic heterocycles. The van der Waals surface area contributed by atoms with Gasteiger partial charge in [-0.1, -0.05) is 42.8 Å². The number of halogens is 2. The predicted octanol–water partition coefficient (Wildman–Crippen LogP) is 4.50. The summed E-state index contributed by atoms with van der Waals surface area (Å²) < 4.78 is 15.6. The molecule has 0 unspecified atom stereocenters. The summed E-state index contributed by atoms with van der Waals surface area (Å²) in [5.74, 6) is -0.518. The van der Waals surface area contributed by atoms with Gasteiger partial charge in [-0.05, 0) is 30.7 Å². The second-order valence-corrected chi connectivity index (χ2v) is 6.44. The Kier molecular flexibility index (Phi) is 5.38. The molecule has 3 aromatic rings. The van der Waals surface area contributed by atoms with Gasteiger partial charge in [-0.3, -0.25) is 4.79 Å². The fourth-order valence-corrected chi connectivity index (χ4v) is 3.07. The highest BCUT2D eigenvalue weighted by Gasteiger charge is 2.21. The Balaban J connectivity index is 1.89. The molecule has 0 radical (unpaired) electrons. The number of aromatic nitrogens is 2. The normalized spacial score (nSPS) is 10.8. The van der Waals surface area contributed by atoms with Gasteiger partial charge in [0.05, 0.1) is 23.1 Å². The van der Waals surface area contributed by atoms with Crippen LogP contribution in [-0.4, -0.2) is 27.6 Å². The number of amides is 1. The fourth-order valence-electron chi connectivity index (χ4n) is 2.88. The third-order valence-corrected chi connectivity index (χ3v) is 4.43.